The third kappa shape index (κ3) is 3.35. The Balaban J connectivity index is 1.95. The SMILES string of the molecule is O=c1c(-c2ccccc2)c(O)n(C2CCCCC2)c(=O)n1C1CCCCC1. The maximum Gasteiger partial charge on any atom is 0.334 e. The van der Waals surface area contributed by atoms with Gasteiger partial charge < -0.3 is 5.11 Å². The third-order valence-electron chi connectivity index (χ3n) is 6.24. The summed E-state index contributed by atoms with van der Waals surface area (Å²) in [5.41, 5.74) is 0.277. The summed E-state index contributed by atoms with van der Waals surface area (Å²) in [7, 11) is 0. The molecule has 2 saturated carbocycles. The second kappa shape index (κ2) is 7.75. The van der Waals surface area contributed by atoms with E-state index in [1.165, 1.54) is 15.6 Å². The van der Waals surface area contributed by atoms with Crippen molar-refractivity contribution in [3.63, 3.8) is 0 Å². The summed E-state index contributed by atoms with van der Waals surface area (Å²) in [5.74, 6) is -0.157. The third-order valence-corrected chi connectivity index (χ3v) is 6.24. The van der Waals surface area contributed by atoms with Crippen molar-refractivity contribution in [1.82, 2.24) is 9.13 Å². The molecule has 0 aliphatic heterocycles. The summed E-state index contributed by atoms with van der Waals surface area (Å²) in [6.07, 6.45) is 10.0. The van der Waals surface area contributed by atoms with E-state index < -0.39 is 0 Å². The molecule has 27 heavy (non-hydrogen) atoms. The van der Waals surface area contributed by atoms with Gasteiger partial charge in [0.1, 0.15) is 5.56 Å². The minimum absolute atomic E-state index is 0.0239. The molecule has 2 fully saturated rings. The smallest absolute Gasteiger partial charge is 0.334 e. The molecule has 2 aliphatic carbocycles. The van der Waals surface area contributed by atoms with Gasteiger partial charge in [0, 0.05) is 12.1 Å². The lowest BCUT2D eigenvalue weighted by Crippen LogP contribution is -2.44. The van der Waals surface area contributed by atoms with E-state index in [4.69, 9.17) is 0 Å². The molecule has 144 valence electrons. The molecule has 0 unspecified atom stereocenters. The largest absolute Gasteiger partial charge is 0.494 e. The number of hydrogen-bond donors (Lipinski definition) is 1. The van der Waals surface area contributed by atoms with Crippen molar-refractivity contribution >= 4 is 0 Å². The quantitative estimate of drug-likeness (QED) is 0.874. The number of benzene rings is 1. The molecule has 1 heterocycles. The van der Waals surface area contributed by atoms with E-state index >= 15 is 0 Å². The highest BCUT2D eigenvalue weighted by molar-refractivity contribution is 5.67. The van der Waals surface area contributed by atoms with Crippen LogP contribution in [0.2, 0.25) is 0 Å². The first-order chi connectivity index (χ1) is 13.2. The van der Waals surface area contributed by atoms with E-state index in [1.807, 2.05) is 30.3 Å². The zero-order valence-electron chi connectivity index (χ0n) is 15.8. The molecule has 1 N–H and O–H groups in total. The first kappa shape index (κ1) is 18.1. The summed E-state index contributed by atoms with van der Waals surface area (Å²) < 4.78 is 2.98. The Bertz CT molecular complexity index is 902. The molecule has 1 aromatic carbocycles. The van der Waals surface area contributed by atoms with Gasteiger partial charge in [-0.25, -0.2) is 4.79 Å². The predicted molar refractivity (Wildman–Crippen MR) is 106 cm³/mol. The van der Waals surface area contributed by atoms with Crippen LogP contribution >= 0.6 is 0 Å². The summed E-state index contributed by atoms with van der Waals surface area (Å²) >= 11 is 0. The highest BCUT2D eigenvalue weighted by Crippen LogP contribution is 2.34. The van der Waals surface area contributed by atoms with Gasteiger partial charge in [0.2, 0.25) is 5.88 Å². The fourth-order valence-corrected chi connectivity index (χ4v) is 4.82. The van der Waals surface area contributed by atoms with Crippen LogP contribution in [0.4, 0.5) is 0 Å². The van der Waals surface area contributed by atoms with Crippen LogP contribution in [0.5, 0.6) is 5.88 Å². The molecule has 2 aromatic rings. The van der Waals surface area contributed by atoms with Crippen LogP contribution in [0.1, 0.15) is 76.3 Å². The summed E-state index contributed by atoms with van der Waals surface area (Å²) in [6, 6.07) is 9.18. The summed E-state index contributed by atoms with van der Waals surface area (Å²) in [6.45, 7) is 0. The van der Waals surface area contributed by atoms with Crippen LogP contribution < -0.4 is 11.2 Å². The fraction of sp³-hybridized carbons (Fsp3) is 0.545. The predicted octanol–water partition coefficient (Wildman–Crippen LogP) is 4.39. The zero-order chi connectivity index (χ0) is 18.8. The molecular weight excluding hydrogens is 340 g/mol. The highest BCUT2D eigenvalue weighted by atomic mass is 16.3. The van der Waals surface area contributed by atoms with Crippen molar-refractivity contribution in [1.29, 1.82) is 0 Å². The zero-order valence-corrected chi connectivity index (χ0v) is 15.8. The average molecular weight is 368 g/mol. The van der Waals surface area contributed by atoms with Gasteiger partial charge in [-0.15, -0.1) is 0 Å². The molecule has 0 atom stereocenters. The van der Waals surface area contributed by atoms with E-state index in [1.54, 1.807) is 0 Å². The molecule has 0 spiro atoms. The molecule has 5 heteroatoms. The Morgan fingerprint density at radius 2 is 1.26 bits per heavy atom. The average Bonchev–Trinajstić information content (AvgIpc) is 2.70. The Hall–Kier alpha value is -2.30. The van der Waals surface area contributed by atoms with Gasteiger partial charge >= 0.3 is 5.69 Å². The second-order valence-electron chi connectivity index (χ2n) is 7.98. The first-order valence-corrected chi connectivity index (χ1v) is 10.3. The van der Waals surface area contributed by atoms with Gasteiger partial charge in [-0.3, -0.25) is 13.9 Å². The Morgan fingerprint density at radius 3 is 1.81 bits per heavy atom. The van der Waals surface area contributed by atoms with Gasteiger partial charge in [0.15, 0.2) is 0 Å². The molecule has 4 rings (SSSR count). The fourth-order valence-electron chi connectivity index (χ4n) is 4.82. The number of aromatic hydroxyl groups is 1. The van der Waals surface area contributed by atoms with Crippen LogP contribution in [-0.4, -0.2) is 14.2 Å². The van der Waals surface area contributed by atoms with Crippen molar-refractivity contribution < 1.29 is 5.11 Å². The molecule has 0 amide bonds. The maximum atomic E-state index is 13.4. The first-order valence-electron chi connectivity index (χ1n) is 10.3. The highest BCUT2D eigenvalue weighted by Gasteiger charge is 2.29. The van der Waals surface area contributed by atoms with Gasteiger partial charge in [0.05, 0.1) is 0 Å². The lowest BCUT2D eigenvalue weighted by molar-refractivity contribution is 0.273. The summed E-state index contributed by atoms with van der Waals surface area (Å²) in [4.78, 5) is 26.7. The Morgan fingerprint density at radius 1 is 0.741 bits per heavy atom. The monoisotopic (exact) mass is 368 g/mol. The summed E-state index contributed by atoms with van der Waals surface area (Å²) in [5, 5.41) is 11.0. The van der Waals surface area contributed by atoms with Crippen LogP contribution in [-0.2, 0) is 0 Å². The maximum absolute atomic E-state index is 13.4. The molecule has 2 aliphatic rings. The molecule has 0 saturated heterocycles. The standard InChI is InChI=1S/C22H28N2O3/c25-20-19(16-10-4-1-5-11-16)21(26)24(18-14-8-3-9-15-18)22(27)23(20)17-12-6-2-7-13-17/h1,4-5,10-11,17-18,25H,2-3,6-9,12-15H2. The number of hydrogen-bond acceptors (Lipinski definition) is 3. The van der Waals surface area contributed by atoms with Crippen LogP contribution in [0.15, 0.2) is 39.9 Å². The topological polar surface area (TPSA) is 64.2 Å². The van der Waals surface area contributed by atoms with E-state index in [0.717, 1.165) is 57.8 Å². The van der Waals surface area contributed by atoms with Crippen molar-refractivity contribution in [3.05, 3.63) is 51.2 Å². The Labute approximate surface area is 159 Å². The number of aromatic nitrogens is 2. The van der Waals surface area contributed by atoms with Gasteiger partial charge in [0.25, 0.3) is 5.56 Å². The van der Waals surface area contributed by atoms with E-state index in [9.17, 15) is 14.7 Å². The van der Waals surface area contributed by atoms with Crippen molar-refractivity contribution in [2.45, 2.75) is 76.3 Å². The van der Waals surface area contributed by atoms with Crippen molar-refractivity contribution in [2.24, 2.45) is 0 Å². The Kier molecular flexibility index (Phi) is 5.19. The second-order valence-corrected chi connectivity index (χ2v) is 7.98. The van der Waals surface area contributed by atoms with Gasteiger partial charge in [-0.1, -0.05) is 68.9 Å². The van der Waals surface area contributed by atoms with E-state index in [2.05, 4.69) is 0 Å². The van der Waals surface area contributed by atoms with Crippen molar-refractivity contribution in [3.8, 4) is 17.0 Å². The number of rotatable bonds is 3. The molecular formula is C22H28N2O3. The van der Waals surface area contributed by atoms with Crippen LogP contribution in [0.25, 0.3) is 11.1 Å². The minimum Gasteiger partial charge on any atom is -0.494 e. The van der Waals surface area contributed by atoms with Gasteiger partial charge in [-0.05, 0) is 31.2 Å². The van der Waals surface area contributed by atoms with Crippen LogP contribution in [0, 0.1) is 0 Å². The lowest BCUT2D eigenvalue weighted by Gasteiger charge is -2.29. The normalized spacial score (nSPS) is 19.3. The lowest BCUT2D eigenvalue weighted by atomic mass is 9.94. The van der Waals surface area contributed by atoms with Gasteiger partial charge in [-0.2, -0.15) is 0 Å². The molecule has 5 nitrogen and oxygen atoms in total. The molecule has 0 radical (unpaired) electrons. The molecule has 1 aromatic heterocycles. The minimum atomic E-state index is -0.345. The number of nitrogens with zero attached hydrogens (tertiary/aromatic N) is 2. The van der Waals surface area contributed by atoms with Crippen LogP contribution in [0.3, 0.4) is 0 Å². The van der Waals surface area contributed by atoms with E-state index in [-0.39, 0.29) is 34.8 Å². The van der Waals surface area contributed by atoms with Crippen molar-refractivity contribution in [2.75, 3.05) is 0 Å². The van der Waals surface area contributed by atoms with E-state index in [0.29, 0.717) is 5.56 Å². The molecule has 0 bridgehead atoms.